The Bertz CT molecular complexity index is 828. The molecule has 0 saturated heterocycles. The molecule has 0 aliphatic heterocycles. The van der Waals surface area contributed by atoms with Crippen LogP contribution in [0.15, 0.2) is 52.0 Å². The molecule has 0 radical (unpaired) electrons. The SMILES string of the molecule is COc1cc(OC)cc(C(=O)N/N=C(\C)CC(=O)Nc2ccc(Br)cc2)c1. The Morgan fingerprint density at radius 3 is 2.19 bits per heavy atom. The van der Waals surface area contributed by atoms with E-state index in [1.54, 1.807) is 37.3 Å². The maximum Gasteiger partial charge on any atom is 0.271 e. The summed E-state index contributed by atoms with van der Waals surface area (Å²) in [5, 5.41) is 6.74. The number of anilines is 1. The van der Waals surface area contributed by atoms with Crippen molar-refractivity contribution >= 4 is 39.1 Å². The third kappa shape index (κ3) is 6.41. The summed E-state index contributed by atoms with van der Waals surface area (Å²) >= 11 is 3.34. The summed E-state index contributed by atoms with van der Waals surface area (Å²) in [5.74, 6) is 0.332. The Hall–Kier alpha value is -2.87. The summed E-state index contributed by atoms with van der Waals surface area (Å²) in [6.45, 7) is 1.66. The average molecular weight is 434 g/mol. The third-order valence-electron chi connectivity index (χ3n) is 3.51. The zero-order valence-corrected chi connectivity index (χ0v) is 16.8. The first-order valence-electron chi connectivity index (χ1n) is 8.03. The highest BCUT2D eigenvalue weighted by Crippen LogP contribution is 2.22. The van der Waals surface area contributed by atoms with Crippen molar-refractivity contribution in [1.29, 1.82) is 0 Å². The Morgan fingerprint density at radius 2 is 1.63 bits per heavy atom. The number of carbonyl (C=O) groups is 2. The minimum Gasteiger partial charge on any atom is -0.497 e. The molecule has 2 aromatic carbocycles. The van der Waals surface area contributed by atoms with Crippen molar-refractivity contribution in [2.75, 3.05) is 19.5 Å². The van der Waals surface area contributed by atoms with Crippen molar-refractivity contribution < 1.29 is 19.1 Å². The van der Waals surface area contributed by atoms with Gasteiger partial charge in [-0.3, -0.25) is 9.59 Å². The first-order valence-corrected chi connectivity index (χ1v) is 8.82. The molecule has 0 heterocycles. The average Bonchev–Trinajstić information content (AvgIpc) is 2.67. The smallest absolute Gasteiger partial charge is 0.271 e. The summed E-state index contributed by atoms with van der Waals surface area (Å²) < 4.78 is 11.2. The number of nitrogens with one attached hydrogen (secondary N) is 2. The molecule has 7 nitrogen and oxygen atoms in total. The molecule has 2 rings (SSSR count). The van der Waals surface area contributed by atoms with Gasteiger partial charge in [0.15, 0.2) is 0 Å². The van der Waals surface area contributed by atoms with Crippen LogP contribution >= 0.6 is 15.9 Å². The van der Waals surface area contributed by atoms with Gasteiger partial charge in [0.05, 0.1) is 20.6 Å². The van der Waals surface area contributed by atoms with Crippen molar-refractivity contribution in [2.45, 2.75) is 13.3 Å². The van der Waals surface area contributed by atoms with E-state index < -0.39 is 5.91 Å². The third-order valence-corrected chi connectivity index (χ3v) is 4.03. The summed E-state index contributed by atoms with van der Waals surface area (Å²) in [7, 11) is 3.01. The Labute approximate surface area is 165 Å². The zero-order chi connectivity index (χ0) is 19.8. The fraction of sp³-hybridized carbons (Fsp3) is 0.211. The molecule has 2 aromatic rings. The molecule has 0 spiro atoms. The van der Waals surface area contributed by atoms with E-state index in [1.807, 2.05) is 12.1 Å². The van der Waals surface area contributed by atoms with Crippen molar-refractivity contribution in [1.82, 2.24) is 5.43 Å². The van der Waals surface area contributed by atoms with Gasteiger partial charge in [-0.25, -0.2) is 5.43 Å². The molecule has 0 atom stereocenters. The van der Waals surface area contributed by atoms with Crippen LogP contribution in [0.5, 0.6) is 11.5 Å². The maximum atomic E-state index is 12.3. The van der Waals surface area contributed by atoms with Crippen LogP contribution in [0.2, 0.25) is 0 Å². The lowest BCUT2D eigenvalue weighted by Crippen LogP contribution is -2.21. The van der Waals surface area contributed by atoms with Crippen LogP contribution in [-0.2, 0) is 4.79 Å². The van der Waals surface area contributed by atoms with E-state index in [-0.39, 0.29) is 12.3 Å². The number of benzene rings is 2. The minimum atomic E-state index is -0.431. The Morgan fingerprint density at radius 1 is 1.04 bits per heavy atom. The quantitative estimate of drug-likeness (QED) is 0.515. The molecular weight excluding hydrogens is 414 g/mol. The summed E-state index contributed by atoms with van der Waals surface area (Å²) in [6.07, 6.45) is 0.0533. The molecule has 0 aliphatic rings. The summed E-state index contributed by atoms with van der Waals surface area (Å²) in [6, 6.07) is 12.0. The van der Waals surface area contributed by atoms with E-state index >= 15 is 0 Å². The molecule has 142 valence electrons. The van der Waals surface area contributed by atoms with Gasteiger partial charge in [-0.2, -0.15) is 5.10 Å². The molecular formula is C19H20BrN3O4. The van der Waals surface area contributed by atoms with Gasteiger partial charge in [0.25, 0.3) is 5.91 Å². The van der Waals surface area contributed by atoms with Crippen molar-refractivity contribution in [3.05, 3.63) is 52.5 Å². The van der Waals surface area contributed by atoms with Gasteiger partial charge < -0.3 is 14.8 Å². The van der Waals surface area contributed by atoms with Gasteiger partial charge in [0.1, 0.15) is 11.5 Å². The largest absolute Gasteiger partial charge is 0.497 e. The van der Waals surface area contributed by atoms with E-state index in [9.17, 15) is 9.59 Å². The molecule has 2 N–H and O–H groups in total. The molecule has 2 amide bonds. The number of halogens is 1. The molecule has 0 saturated carbocycles. The molecule has 0 unspecified atom stereocenters. The highest BCUT2D eigenvalue weighted by molar-refractivity contribution is 9.10. The van der Waals surface area contributed by atoms with Gasteiger partial charge in [0.2, 0.25) is 5.91 Å². The second-order valence-corrected chi connectivity index (χ2v) is 6.54. The fourth-order valence-electron chi connectivity index (χ4n) is 2.16. The van der Waals surface area contributed by atoms with Gasteiger partial charge in [-0.15, -0.1) is 0 Å². The number of methoxy groups -OCH3 is 2. The van der Waals surface area contributed by atoms with Crippen molar-refractivity contribution in [3.63, 3.8) is 0 Å². The lowest BCUT2D eigenvalue weighted by Gasteiger charge is -2.08. The number of amides is 2. The van der Waals surface area contributed by atoms with Crippen LogP contribution < -0.4 is 20.2 Å². The second-order valence-electron chi connectivity index (χ2n) is 5.62. The summed E-state index contributed by atoms with van der Waals surface area (Å²) in [5.41, 5.74) is 3.91. The van der Waals surface area contributed by atoms with E-state index in [4.69, 9.17) is 9.47 Å². The molecule has 0 aliphatic carbocycles. The molecule has 0 bridgehead atoms. The molecule has 0 fully saturated rings. The van der Waals surface area contributed by atoms with Crippen LogP contribution in [-0.4, -0.2) is 31.7 Å². The van der Waals surface area contributed by atoms with Crippen LogP contribution in [0.25, 0.3) is 0 Å². The first-order chi connectivity index (χ1) is 12.9. The highest BCUT2D eigenvalue weighted by atomic mass is 79.9. The maximum absolute atomic E-state index is 12.3. The van der Waals surface area contributed by atoms with E-state index in [1.165, 1.54) is 14.2 Å². The first kappa shape index (κ1) is 20.4. The van der Waals surface area contributed by atoms with Crippen molar-refractivity contribution in [3.8, 4) is 11.5 Å². The van der Waals surface area contributed by atoms with Crippen LogP contribution in [0.3, 0.4) is 0 Å². The standard InChI is InChI=1S/C19H20BrN3O4/c1-12(8-18(24)21-15-6-4-14(20)5-7-15)22-23-19(25)13-9-16(26-2)11-17(10-13)27-3/h4-7,9-11H,8H2,1-3H3,(H,21,24)(H,23,25)/b22-12+. The van der Waals surface area contributed by atoms with Gasteiger partial charge in [-0.1, -0.05) is 15.9 Å². The zero-order valence-electron chi connectivity index (χ0n) is 15.2. The normalized spacial score (nSPS) is 10.9. The van der Waals surface area contributed by atoms with Gasteiger partial charge in [-0.05, 0) is 43.3 Å². The predicted octanol–water partition coefficient (Wildman–Crippen LogP) is 3.60. The Balaban J connectivity index is 1.95. The highest BCUT2D eigenvalue weighted by Gasteiger charge is 2.10. The lowest BCUT2D eigenvalue weighted by molar-refractivity contribution is -0.115. The molecule has 0 aromatic heterocycles. The Kier molecular flexibility index (Phi) is 7.36. The number of carbonyl (C=O) groups excluding carboxylic acids is 2. The van der Waals surface area contributed by atoms with Gasteiger partial charge >= 0.3 is 0 Å². The summed E-state index contributed by atoms with van der Waals surface area (Å²) in [4.78, 5) is 24.3. The molecule has 27 heavy (non-hydrogen) atoms. The monoisotopic (exact) mass is 433 g/mol. The van der Waals surface area contributed by atoms with E-state index in [0.29, 0.717) is 28.5 Å². The second kappa shape index (κ2) is 9.72. The fourth-order valence-corrected chi connectivity index (χ4v) is 2.42. The van der Waals surface area contributed by atoms with E-state index in [2.05, 4.69) is 31.8 Å². The van der Waals surface area contributed by atoms with Crippen LogP contribution in [0.1, 0.15) is 23.7 Å². The number of rotatable bonds is 7. The topological polar surface area (TPSA) is 89.0 Å². The number of hydrogen-bond acceptors (Lipinski definition) is 5. The van der Waals surface area contributed by atoms with Gasteiger partial charge in [0, 0.05) is 27.5 Å². The lowest BCUT2D eigenvalue weighted by atomic mass is 10.2. The minimum absolute atomic E-state index is 0.0533. The van der Waals surface area contributed by atoms with E-state index in [0.717, 1.165) is 4.47 Å². The molecule has 8 heteroatoms. The number of hydrogen-bond donors (Lipinski definition) is 2. The van der Waals surface area contributed by atoms with Crippen LogP contribution in [0.4, 0.5) is 5.69 Å². The number of ether oxygens (including phenoxy) is 2. The number of hydrazone groups is 1. The van der Waals surface area contributed by atoms with Crippen LogP contribution in [0, 0.1) is 0 Å². The van der Waals surface area contributed by atoms with Crippen molar-refractivity contribution in [2.24, 2.45) is 5.10 Å². The predicted molar refractivity (Wildman–Crippen MR) is 108 cm³/mol. The number of nitrogens with zero attached hydrogens (tertiary/aromatic N) is 1.